The van der Waals surface area contributed by atoms with Gasteiger partial charge < -0.3 is 5.32 Å². The summed E-state index contributed by atoms with van der Waals surface area (Å²) in [5.74, 6) is 0.379. The molecule has 14 heavy (non-hydrogen) atoms. The fourth-order valence-electron chi connectivity index (χ4n) is 1.93. The van der Waals surface area contributed by atoms with Crippen LogP contribution in [0.4, 0.5) is 0 Å². The van der Waals surface area contributed by atoms with Crippen LogP contribution in [0.25, 0.3) is 0 Å². The molecule has 0 bridgehead atoms. The van der Waals surface area contributed by atoms with Crippen molar-refractivity contribution in [2.24, 2.45) is 5.41 Å². The quantitative estimate of drug-likeness (QED) is 0.737. The van der Waals surface area contributed by atoms with E-state index in [-0.39, 0.29) is 5.41 Å². The Morgan fingerprint density at radius 1 is 1.36 bits per heavy atom. The van der Waals surface area contributed by atoms with Gasteiger partial charge in [-0.05, 0) is 19.8 Å². The van der Waals surface area contributed by atoms with Gasteiger partial charge in [-0.25, -0.2) is 0 Å². The number of rotatable bonds is 2. The number of ketones is 1. The average Bonchev–Trinajstić information content (AvgIpc) is 2.02. The number of carbonyl (C=O) groups excluding carboxylic acids is 1. The lowest BCUT2D eigenvalue weighted by Crippen LogP contribution is -2.43. The summed E-state index contributed by atoms with van der Waals surface area (Å²) in [6, 6.07) is 1.01. The molecule has 2 nitrogen and oxygen atoms in total. The van der Waals surface area contributed by atoms with E-state index < -0.39 is 0 Å². The molecule has 2 heteroatoms. The molecule has 1 aliphatic rings. The molecule has 0 amide bonds. The molecule has 0 aromatic rings. The molecule has 1 rings (SSSR count). The summed E-state index contributed by atoms with van der Waals surface area (Å²) in [5, 5.41) is 3.50. The van der Waals surface area contributed by atoms with Crippen LogP contribution < -0.4 is 5.32 Å². The molecule has 0 unspecified atom stereocenters. The van der Waals surface area contributed by atoms with Crippen molar-refractivity contribution in [3.05, 3.63) is 0 Å². The lowest BCUT2D eigenvalue weighted by Gasteiger charge is -2.30. The van der Waals surface area contributed by atoms with E-state index >= 15 is 0 Å². The molecular formula is C12H23NO. The Hall–Kier alpha value is -0.370. The minimum Gasteiger partial charge on any atom is -0.311 e. The van der Waals surface area contributed by atoms with E-state index in [1.807, 2.05) is 20.8 Å². The van der Waals surface area contributed by atoms with Crippen molar-refractivity contribution in [1.82, 2.24) is 5.32 Å². The Bertz CT molecular complexity index is 205. The van der Waals surface area contributed by atoms with Crippen LogP contribution in [0.15, 0.2) is 0 Å². The Labute approximate surface area is 87.5 Å². The van der Waals surface area contributed by atoms with Crippen molar-refractivity contribution in [3.8, 4) is 0 Å². The SMILES string of the molecule is C[C@H]1CCC[C@@H](CC(=O)C(C)(C)C)N1. The topological polar surface area (TPSA) is 29.1 Å². The monoisotopic (exact) mass is 197 g/mol. The van der Waals surface area contributed by atoms with Crippen molar-refractivity contribution < 1.29 is 4.79 Å². The van der Waals surface area contributed by atoms with Crippen LogP contribution in [0.3, 0.4) is 0 Å². The van der Waals surface area contributed by atoms with Crippen molar-refractivity contribution in [3.63, 3.8) is 0 Å². The first kappa shape index (κ1) is 11.7. The van der Waals surface area contributed by atoms with Crippen LogP contribution >= 0.6 is 0 Å². The zero-order valence-corrected chi connectivity index (χ0v) is 9.89. The van der Waals surface area contributed by atoms with Crippen molar-refractivity contribution in [2.45, 2.75) is 65.5 Å². The van der Waals surface area contributed by atoms with Crippen LogP contribution in [0.1, 0.15) is 53.4 Å². The van der Waals surface area contributed by atoms with Gasteiger partial charge in [-0.2, -0.15) is 0 Å². The van der Waals surface area contributed by atoms with E-state index in [4.69, 9.17) is 0 Å². The Morgan fingerprint density at radius 3 is 2.50 bits per heavy atom. The highest BCUT2D eigenvalue weighted by molar-refractivity contribution is 5.84. The fraction of sp³-hybridized carbons (Fsp3) is 0.917. The average molecular weight is 197 g/mol. The van der Waals surface area contributed by atoms with Crippen LogP contribution in [0.5, 0.6) is 0 Å². The highest BCUT2D eigenvalue weighted by Crippen LogP contribution is 2.21. The van der Waals surface area contributed by atoms with Gasteiger partial charge in [0.1, 0.15) is 5.78 Å². The van der Waals surface area contributed by atoms with Gasteiger partial charge in [-0.15, -0.1) is 0 Å². The molecule has 1 aliphatic heterocycles. The molecular weight excluding hydrogens is 174 g/mol. The van der Waals surface area contributed by atoms with Gasteiger partial charge in [0.2, 0.25) is 0 Å². The largest absolute Gasteiger partial charge is 0.311 e. The minimum absolute atomic E-state index is 0.178. The van der Waals surface area contributed by atoms with E-state index in [0.29, 0.717) is 24.3 Å². The first-order valence-electron chi connectivity index (χ1n) is 5.69. The molecule has 1 N–H and O–H groups in total. The normalized spacial score (nSPS) is 28.9. The summed E-state index contributed by atoms with van der Waals surface area (Å²) >= 11 is 0. The van der Waals surface area contributed by atoms with E-state index in [1.54, 1.807) is 0 Å². The van der Waals surface area contributed by atoms with Crippen LogP contribution in [0, 0.1) is 5.41 Å². The van der Waals surface area contributed by atoms with Crippen molar-refractivity contribution in [1.29, 1.82) is 0 Å². The molecule has 1 heterocycles. The van der Waals surface area contributed by atoms with Gasteiger partial charge in [0.15, 0.2) is 0 Å². The highest BCUT2D eigenvalue weighted by atomic mass is 16.1. The fourth-order valence-corrected chi connectivity index (χ4v) is 1.93. The molecule has 1 saturated heterocycles. The van der Waals surface area contributed by atoms with Crippen LogP contribution in [0.2, 0.25) is 0 Å². The standard InChI is InChI=1S/C12H23NO/c1-9-6-5-7-10(13-9)8-11(14)12(2,3)4/h9-10,13H,5-8H2,1-4H3/t9-,10-/m0/s1. The minimum atomic E-state index is -0.178. The molecule has 0 aromatic heterocycles. The number of hydrogen-bond donors (Lipinski definition) is 1. The summed E-state index contributed by atoms with van der Waals surface area (Å²) in [6.45, 7) is 8.21. The highest BCUT2D eigenvalue weighted by Gasteiger charge is 2.26. The van der Waals surface area contributed by atoms with Gasteiger partial charge in [0, 0.05) is 23.9 Å². The summed E-state index contributed by atoms with van der Waals surface area (Å²) < 4.78 is 0. The molecule has 1 fully saturated rings. The number of nitrogens with one attached hydrogen (secondary N) is 1. The van der Waals surface area contributed by atoms with Crippen LogP contribution in [-0.2, 0) is 4.79 Å². The Balaban J connectivity index is 2.40. The first-order chi connectivity index (χ1) is 6.39. The first-order valence-corrected chi connectivity index (χ1v) is 5.69. The van der Waals surface area contributed by atoms with Gasteiger partial charge in [-0.1, -0.05) is 27.2 Å². The molecule has 2 atom stereocenters. The third-order valence-electron chi connectivity index (χ3n) is 2.98. The van der Waals surface area contributed by atoms with E-state index in [2.05, 4.69) is 12.2 Å². The zero-order chi connectivity index (χ0) is 10.8. The predicted octanol–water partition coefficient (Wildman–Crippen LogP) is 2.52. The third kappa shape index (κ3) is 3.41. The predicted molar refractivity (Wildman–Crippen MR) is 59.3 cm³/mol. The van der Waals surface area contributed by atoms with E-state index in [0.717, 1.165) is 6.42 Å². The van der Waals surface area contributed by atoms with E-state index in [9.17, 15) is 4.79 Å². The smallest absolute Gasteiger partial charge is 0.139 e. The maximum Gasteiger partial charge on any atom is 0.139 e. The molecule has 0 spiro atoms. The summed E-state index contributed by atoms with van der Waals surface area (Å²) in [5.41, 5.74) is -0.178. The summed E-state index contributed by atoms with van der Waals surface area (Å²) in [6.07, 6.45) is 4.37. The second kappa shape index (κ2) is 4.43. The molecule has 0 aliphatic carbocycles. The molecule has 0 radical (unpaired) electrons. The number of carbonyl (C=O) groups is 1. The lowest BCUT2D eigenvalue weighted by atomic mass is 9.85. The summed E-state index contributed by atoms with van der Waals surface area (Å²) in [7, 11) is 0. The summed E-state index contributed by atoms with van der Waals surface area (Å²) in [4.78, 5) is 11.8. The number of hydrogen-bond acceptors (Lipinski definition) is 2. The molecule has 0 aromatic carbocycles. The molecule has 0 saturated carbocycles. The Morgan fingerprint density at radius 2 is 2.00 bits per heavy atom. The van der Waals surface area contributed by atoms with Crippen molar-refractivity contribution in [2.75, 3.05) is 0 Å². The number of Topliss-reactive ketones (excluding diaryl/α,β-unsaturated/α-hetero) is 1. The van der Waals surface area contributed by atoms with Gasteiger partial charge in [0.25, 0.3) is 0 Å². The molecule has 82 valence electrons. The van der Waals surface area contributed by atoms with Gasteiger partial charge in [0.05, 0.1) is 0 Å². The third-order valence-corrected chi connectivity index (χ3v) is 2.98. The second-order valence-electron chi connectivity index (χ2n) is 5.57. The maximum atomic E-state index is 11.8. The van der Waals surface area contributed by atoms with Crippen LogP contribution in [-0.4, -0.2) is 17.9 Å². The Kier molecular flexibility index (Phi) is 3.71. The van der Waals surface area contributed by atoms with E-state index in [1.165, 1.54) is 12.8 Å². The van der Waals surface area contributed by atoms with Crippen molar-refractivity contribution >= 4 is 5.78 Å². The second-order valence-corrected chi connectivity index (χ2v) is 5.57. The lowest BCUT2D eigenvalue weighted by molar-refractivity contribution is -0.127. The zero-order valence-electron chi connectivity index (χ0n) is 9.89. The number of piperidine rings is 1. The van der Waals surface area contributed by atoms with Gasteiger partial charge in [-0.3, -0.25) is 4.79 Å². The maximum absolute atomic E-state index is 11.8. The van der Waals surface area contributed by atoms with Gasteiger partial charge >= 0.3 is 0 Å².